The summed E-state index contributed by atoms with van der Waals surface area (Å²) in [5.41, 5.74) is 0.738. The van der Waals surface area contributed by atoms with Gasteiger partial charge in [-0.15, -0.1) is 0 Å². The molecule has 1 aliphatic heterocycles. The highest BCUT2D eigenvalue weighted by atomic mass is 16.2. The summed E-state index contributed by atoms with van der Waals surface area (Å²) in [6, 6.07) is 3.09. The summed E-state index contributed by atoms with van der Waals surface area (Å²) in [7, 11) is 0. The quantitative estimate of drug-likeness (QED) is 0.641. The zero-order valence-electron chi connectivity index (χ0n) is 7.36. The van der Waals surface area contributed by atoms with Gasteiger partial charge in [-0.2, -0.15) is 0 Å². The molecule has 1 aromatic rings. The van der Waals surface area contributed by atoms with Crippen molar-refractivity contribution in [2.24, 2.45) is 0 Å². The third-order valence-electron chi connectivity index (χ3n) is 1.97. The highest BCUT2D eigenvalue weighted by Gasteiger charge is 2.30. The largest absolute Gasteiger partial charge is 0.372 e. The van der Waals surface area contributed by atoms with E-state index in [4.69, 9.17) is 0 Å². The number of hydrogen-bond acceptors (Lipinski definition) is 4. The van der Waals surface area contributed by atoms with Crippen LogP contribution in [0.1, 0.15) is 6.42 Å². The highest BCUT2D eigenvalue weighted by Crippen LogP contribution is 2.10. The van der Waals surface area contributed by atoms with Crippen LogP contribution in [0.25, 0.3) is 0 Å². The molecular weight excluding hydrogens is 182 g/mol. The first-order valence-electron chi connectivity index (χ1n) is 4.26. The molecule has 0 aliphatic carbocycles. The summed E-state index contributed by atoms with van der Waals surface area (Å²) in [6.45, 7) is 0. The van der Waals surface area contributed by atoms with Crippen LogP contribution in [0.15, 0.2) is 24.5 Å². The van der Waals surface area contributed by atoms with Crippen LogP contribution in [-0.4, -0.2) is 22.8 Å². The van der Waals surface area contributed by atoms with Gasteiger partial charge in [0.1, 0.15) is 6.04 Å². The van der Waals surface area contributed by atoms with Gasteiger partial charge in [0.05, 0.1) is 12.1 Å². The summed E-state index contributed by atoms with van der Waals surface area (Å²) in [5.74, 6) is -0.518. The summed E-state index contributed by atoms with van der Waals surface area (Å²) in [5, 5.41) is 5.15. The van der Waals surface area contributed by atoms with Crippen LogP contribution in [0.3, 0.4) is 0 Å². The highest BCUT2D eigenvalue weighted by molar-refractivity contribution is 6.06. The van der Waals surface area contributed by atoms with E-state index >= 15 is 0 Å². The predicted octanol–water partition coefficient (Wildman–Crippen LogP) is -0.0914. The molecule has 1 aromatic heterocycles. The van der Waals surface area contributed by atoms with Gasteiger partial charge in [-0.3, -0.25) is 19.9 Å². The van der Waals surface area contributed by atoms with Gasteiger partial charge in [0, 0.05) is 12.4 Å². The normalized spacial score (nSPS) is 20.7. The molecule has 0 saturated carbocycles. The van der Waals surface area contributed by atoms with E-state index in [-0.39, 0.29) is 18.2 Å². The fraction of sp³-hybridized carbons (Fsp3) is 0.222. The number of rotatable bonds is 2. The van der Waals surface area contributed by atoms with Crippen LogP contribution >= 0.6 is 0 Å². The Labute approximate surface area is 80.5 Å². The number of nitrogens with one attached hydrogen (secondary N) is 2. The van der Waals surface area contributed by atoms with E-state index in [0.717, 1.165) is 5.69 Å². The molecule has 72 valence electrons. The van der Waals surface area contributed by atoms with Gasteiger partial charge >= 0.3 is 0 Å². The molecule has 1 aliphatic rings. The van der Waals surface area contributed by atoms with Crippen molar-refractivity contribution >= 4 is 17.5 Å². The lowest BCUT2D eigenvalue weighted by atomic mass is 10.2. The molecule has 2 heterocycles. The van der Waals surface area contributed by atoms with Crippen molar-refractivity contribution in [1.29, 1.82) is 0 Å². The summed E-state index contributed by atoms with van der Waals surface area (Å²) >= 11 is 0. The van der Waals surface area contributed by atoms with Gasteiger partial charge in [0.15, 0.2) is 0 Å². The maximum Gasteiger partial charge on any atom is 0.249 e. The van der Waals surface area contributed by atoms with Gasteiger partial charge in [-0.1, -0.05) is 0 Å². The Kier molecular flexibility index (Phi) is 2.14. The molecule has 2 amide bonds. The van der Waals surface area contributed by atoms with Crippen LogP contribution in [0.5, 0.6) is 0 Å². The second-order valence-corrected chi connectivity index (χ2v) is 3.06. The minimum atomic E-state index is -0.466. The molecule has 5 heteroatoms. The number of anilines is 1. The summed E-state index contributed by atoms with van der Waals surface area (Å²) < 4.78 is 0. The molecule has 0 spiro atoms. The maximum atomic E-state index is 11.2. The molecule has 1 unspecified atom stereocenters. The average molecular weight is 191 g/mol. The van der Waals surface area contributed by atoms with Crippen molar-refractivity contribution in [2.75, 3.05) is 5.32 Å². The van der Waals surface area contributed by atoms with Crippen LogP contribution in [0.2, 0.25) is 0 Å². The topological polar surface area (TPSA) is 71.1 Å². The third-order valence-corrected chi connectivity index (χ3v) is 1.97. The Bertz CT molecular complexity index is 364. The van der Waals surface area contributed by atoms with Gasteiger partial charge in [0.25, 0.3) is 0 Å². The van der Waals surface area contributed by atoms with E-state index < -0.39 is 6.04 Å². The van der Waals surface area contributed by atoms with Gasteiger partial charge in [-0.25, -0.2) is 0 Å². The van der Waals surface area contributed by atoms with Crippen molar-refractivity contribution in [1.82, 2.24) is 10.3 Å². The molecule has 2 N–H and O–H groups in total. The van der Waals surface area contributed by atoms with Gasteiger partial charge < -0.3 is 5.32 Å². The predicted molar refractivity (Wildman–Crippen MR) is 49.4 cm³/mol. The zero-order chi connectivity index (χ0) is 9.97. The molecule has 0 bridgehead atoms. The number of carbonyl (C=O) groups is 2. The van der Waals surface area contributed by atoms with Crippen molar-refractivity contribution in [2.45, 2.75) is 12.5 Å². The lowest BCUT2D eigenvalue weighted by molar-refractivity contribution is -0.124. The Balaban J connectivity index is 2.05. The van der Waals surface area contributed by atoms with E-state index in [2.05, 4.69) is 15.6 Å². The smallest absolute Gasteiger partial charge is 0.249 e. The first-order valence-corrected chi connectivity index (χ1v) is 4.26. The van der Waals surface area contributed by atoms with Crippen molar-refractivity contribution in [3.63, 3.8) is 0 Å². The first kappa shape index (κ1) is 8.68. The number of hydrogen-bond donors (Lipinski definition) is 2. The molecular formula is C9H9N3O2. The number of pyridine rings is 1. The summed E-state index contributed by atoms with van der Waals surface area (Å²) in [4.78, 5) is 25.9. The fourth-order valence-corrected chi connectivity index (χ4v) is 1.32. The number of amides is 2. The third kappa shape index (κ3) is 1.71. The van der Waals surface area contributed by atoms with E-state index in [1.807, 2.05) is 0 Å². The van der Waals surface area contributed by atoms with Crippen LogP contribution in [0, 0.1) is 0 Å². The Morgan fingerprint density at radius 1 is 1.50 bits per heavy atom. The molecule has 1 fully saturated rings. The Hall–Kier alpha value is -1.91. The van der Waals surface area contributed by atoms with E-state index in [1.165, 1.54) is 0 Å². The number of aromatic nitrogens is 1. The molecule has 14 heavy (non-hydrogen) atoms. The molecule has 5 nitrogen and oxygen atoms in total. The monoisotopic (exact) mass is 191 g/mol. The minimum absolute atomic E-state index is 0.188. The van der Waals surface area contributed by atoms with Crippen molar-refractivity contribution in [3.05, 3.63) is 24.5 Å². The molecule has 1 atom stereocenters. The van der Waals surface area contributed by atoms with E-state index in [1.54, 1.807) is 24.5 Å². The molecule has 2 rings (SSSR count). The van der Waals surface area contributed by atoms with E-state index in [0.29, 0.717) is 0 Å². The molecule has 0 radical (unpaired) electrons. The zero-order valence-corrected chi connectivity index (χ0v) is 7.36. The molecule has 0 aromatic carbocycles. The van der Waals surface area contributed by atoms with Crippen LogP contribution in [0.4, 0.5) is 5.69 Å². The van der Waals surface area contributed by atoms with Crippen molar-refractivity contribution < 1.29 is 9.59 Å². The SMILES string of the molecule is O=C1CC(Nc2cccnc2)C(=O)N1. The Morgan fingerprint density at radius 3 is 2.93 bits per heavy atom. The van der Waals surface area contributed by atoms with Crippen molar-refractivity contribution in [3.8, 4) is 0 Å². The minimum Gasteiger partial charge on any atom is -0.372 e. The van der Waals surface area contributed by atoms with Gasteiger partial charge in [0.2, 0.25) is 11.8 Å². The Morgan fingerprint density at radius 2 is 2.36 bits per heavy atom. The number of nitrogens with zero attached hydrogens (tertiary/aromatic N) is 1. The maximum absolute atomic E-state index is 11.2. The fourth-order valence-electron chi connectivity index (χ4n) is 1.32. The lowest BCUT2D eigenvalue weighted by Crippen LogP contribution is -2.29. The van der Waals surface area contributed by atoms with Gasteiger partial charge in [-0.05, 0) is 12.1 Å². The second-order valence-electron chi connectivity index (χ2n) is 3.06. The lowest BCUT2D eigenvalue weighted by Gasteiger charge is -2.09. The van der Waals surface area contributed by atoms with E-state index in [9.17, 15) is 9.59 Å². The standard InChI is InChI=1S/C9H9N3O2/c13-8-4-7(9(14)12-8)11-6-2-1-3-10-5-6/h1-3,5,7,11H,4H2,(H,12,13,14). The first-order chi connectivity index (χ1) is 6.75. The van der Waals surface area contributed by atoms with Crippen LogP contribution < -0.4 is 10.6 Å². The average Bonchev–Trinajstić information content (AvgIpc) is 2.47. The summed E-state index contributed by atoms with van der Waals surface area (Å²) in [6.07, 6.45) is 3.44. The number of imide groups is 1. The number of carbonyl (C=O) groups excluding carboxylic acids is 2. The molecule has 1 saturated heterocycles. The van der Waals surface area contributed by atoms with Crippen LogP contribution in [-0.2, 0) is 9.59 Å². The second kappa shape index (κ2) is 3.45.